The van der Waals surface area contributed by atoms with Crippen LogP contribution in [0.5, 0.6) is 5.75 Å². The molecule has 98 valence electrons. The largest absolute Gasteiger partial charge is 0.492 e. The Morgan fingerprint density at radius 1 is 1.42 bits per heavy atom. The Morgan fingerprint density at radius 2 is 2.32 bits per heavy atom. The minimum atomic E-state index is 0.646. The fraction of sp³-hybridized carbons (Fsp3) is 0.333. The van der Waals surface area contributed by atoms with Gasteiger partial charge < -0.3 is 4.74 Å². The van der Waals surface area contributed by atoms with Crippen LogP contribution in [-0.4, -0.2) is 16.6 Å². The van der Waals surface area contributed by atoms with Gasteiger partial charge in [0.05, 0.1) is 28.9 Å². The molecule has 4 heteroatoms. The van der Waals surface area contributed by atoms with Crippen LogP contribution in [0.3, 0.4) is 0 Å². The van der Waals surface area contributed by atoms with Crippen molar-refractivity contribution < 1.29 is 4.74 Å². The van der Waals surface area contributed by atoms with E-state index in [0.717, 1.165) is 17.7 Å². The molecule has 0 atom stereocenters. The van der Waals surface area contributed by atoms with E-state index < -0.39 is 0 Å². The molecule has 0 aromatic carbocycles. The van der Waals surface area contributed by atoms with Crippen LogP contribution in [0.15, 0.2) is 36.6 Å². The van der Waals surface area contributed by atoms with Crippen molar-refractivity contribution in [3.05, 3.63) is 42.3 Å². The lowest BCUT2D eigenvalue weighted by atomic mass is 10.1. The third kappa shape index (κ3) is 2.84. The minimum Gasteiger partial charge on any atom is -0.492 e. The minimum absolute atomic E-state index is 0.646. The van der Waals surface area contributed by atoms with Crippen molar-refractivity contribution in [3.8, 4) is 16.2 Å². The molecule has 0 amide bonds. The molecular weight excluding hydrogens is 256 g/mol. The number of rotatable bonds is 6. The fourth-order valence-electron chi connectivity index (χ4n) is 2.00. The predicted molar refractivity (Wildman–Crippen MR) is 77.6 cm³/mol. The first-order valence-electron chi connectivity index (χ1n) is 6.51. The van der Waals surface area contributed by atoms with Gasteiger partial charge in [0.1, 0.15) is 5.75 Å². The molecule has 1 fully saturated rings. The molecule has 3 rings (SSSR count). The van der Waals surface area contributed by atoms with E-state index in [1.54, 1.807) is 17.5 Å². The summed E-state index contributed by atoms with van der Waals surface area (Å²) in [4.78, 5) is 10.0. The lowest BCUT2D eigenvalue weighted by Gasteiger charge is -2.06. The van der Waals surface area contributed by atoms with Gasteiger partial charge in [-0.05, 0) is 25.3 Å². The zero-order valence-electron chi connectivity index (χ0n) is 10.7. The number of pyridine rings is 1. The van der Waals surface area contributed by atoms with Crippen LogP contribution in [0.2, 0.25) is 0 Å². The van der Waals surface area contributed by atoms with Crippen molar-refractivity contribution in [2.24, 2.45) is 0 Å². The van der Waals surface area contributed by atoms with Crippen LogP contribution in [-0.2, 0) is 0 Å². The van der Waals surface area contributed by atoms with Gasteiger partial charge in [-0.25, -0.2) is 4.98 Å². The molecule has 2 heterocycles. The normalized spacial score (nSPS) is 14.3. The molecule has 0 spiro atoms. The number of thiazole rings is 1. The number of hydrogen-bond acceptors (Lipinski definition) is 4. The van der Waals surface area contributed by atoms with Crippen molar-refractivity contribution >= 4 is 11.3 Å². The maximum atomic E-state index is 5.65. The molecule has 19 heavy (non-hydrogen) atoms. The second kappa shape index (κ2) is 5.53. The van der Waals surface area contributed by atoms with Gasteiger partial charge in [0.15, 0.2) is 0 Å². The van der Waals surface area contributed by atoms with E-state index in [1.807, 2.05) is 17.8 Å². The summed E-state index contributed by atoms with van der Waals surface area (Å²) in [5, 5.41) is 0. The Kier molecular flexibility index (Phi) is 3.60. The van der Waals surface area contributed by atoms with Gasteiger partial charge in [0.2, 0.25) is 0 Å². The Balaban J connectivity index is 1.81. The number of aromatic nitrogens is 2. The summed E-state index contributed by atoms with van der Waals surface area (Å²) in [6, 6.07) is 2.05. The topological polar surface area (TPSA) is 35.0 Å². The second-order valence-electron chi connectivity index (χ2n) is 4.68. The van der Waals surface area contributed by atoms with Crippen molar-refractivity contribution in [1.29, 1.82) is 0 Å². The standard InChI is InChI=1S/C15H16N2OS/c1-2-3-6-18-13-7-12(8-16-9-13)15-14(11-4-5-11)17-10-19-15/h2,7-11H,1,3-6H2. The highest BCUT2D eigenvalue weighted by Crippen LogP contribution is 2.45. The fourth-order valence-corrected chi connectivity index (χ4v) is 2.86. The summed E-state index contributed by atoms with van der Waals surface area (Å²) in [5.41, 5.74) is 4.27. The van der Waals surface area contributed by atoms with Crippen LogP contribution in [0.1, 0.15) is 30.9 Å². The molecule has 1 aliphatic rings. The Bertz CT molecular complexity index is 575. The van der Waals surface area contributed by atoms with E-state index in [9.17, 15) is 0 Å². The smallest absolute Gasteiger partial charge is 0.138 e. The van der Waals surface area contributed by atoms with Crippen LogP contribution >= 0.6 is 11.3 Å². The van der Waals surface area contributed by atoms with Gasteiger partial charge in [-0.1, -0.05) is 6.08 Å². The first-order chi connectivity index (χ1) is 9.38. The second-order valence-corrected chi connectivity index (χ2v) is 5.53. The average Bonchev–Trinajstić information content (AvgIpc) is 3.17. The van der Waals surface area contributed by atoms with E-state index in [2.05, 4.69) is 22.6 Å². The van der Waals surface area contributed by atoms with Crippen LogP contribution < -0.4 is 4.74 Å². The van der Waals surface area contributed by atoms with Gasteiger partial charge in [0.25, 0.3) is 0 Å². The quantitative estimate of drug-likeness (QED) is 0.588. The van der Waals surface area contributed by atoms with E-state index in [4.69, 9.17) is 4.74 Å². The van der Waals surface area contributed by atoms with E-state index >= 15 is 0 Å². The first kappa shape index (κ1) is 12.4. The molecule has 0 unspecified atom stereocenters. The van der Waals surface area contributed by atoms with Gasteiger partial charge >= 0.3 is 0 Å². The predicted octanol–water partition coefficient (Wildman–Crippen LogP) is 4.04. The summed E-state index contributed by atoms with van der Waals surface area (Å²) in [6.45, 7) is 4.33. The molecule has 1 saturated carbocycles. The lowest BCUT2D eigenvalue weighted by molar-refractivity contribution is 0.324. The molecule has 0 saturated heterocycles. The molecule has 0 N–H and O–H groups in total. The molecule has 3 nitrogen and oxygen atoms in total. The molecule has 0 bridgehead atoms. The summed E-state index contributed by atoms with van der Waals surface area (Å²) in [5.74, 6) is 1.47. The Labute approximate surface area is 117 Å². The zero-order valence-corrected chi connectivity index (χ0v) is 11.5. The Hall–Kier alpha value is -1.68. The van der Waals surface area contributed by atoms with Crippen molar-refractivity contribution in [2.75, 3.05) is 6.61 Å². The van der Waals surface area contributed by atoms with Gasteiger partial charge in [0, 0.05) is 17.7 Å². The molecular formula is C15H16N2OS. The molecule has 1 aliphatic carbocycles. The van der Waals surface area contributed by atoms with Gasteiger partial charge in [-0.2, -0.15) is 0 Å². The maximum Gasteiger partial charge on any atom is 0.138 e. The highest BCUT2D eigenvalue weighted by molar-refractivity contribution is 7.13. The van der Waals surface area contributed by atoms with E-state index in [-0.39, 0.29) is 0 Å². The van der Waals surface area contributed by atoms with Crippen molar-refractivity contribution in [2.45, 2.75) is 25.2 Å². The van der Waals surface area contributed by atoms with Crippen molar-refractivity contribution in [3.63, 3.8) is 0 Å². The highest BCUT2D eigenvalue weighted by Gasteiger charge is 2.28. The van der Waals surface area contributed by atoms with Gasteiger partial charge in [-0.15, -0.1) is 17.9 Å². The third-order valence-corrected chi connectivity index (χ3v) is 4.02. The van der Waals surface area contributed by atoms with E-state index in [1.165, 1.54) is 23.4 Å². The van der Waals surface area contributed by atoms with Crippen molar-refractivity contribution in [1.82, 2.24) is 9.97 Å². The first-order valence-corrected chi connectivity index (χ1v) is 7.39. The summed E-state index contributed by atoms with van der Waals surface area (Å²) in [7, 11) is 0. The molecule has 0 radical (unpaired) electrons. The Morgan fingerprint density at radius 3 is 3.11 bits per heavy atom. The van der Waals surface area contributed by atoms with Crippen LogP contribution in [0.25, 0.3) is 10.4 Å². The van der Waals surface area contributed by atoms with Crippen LogP contribution in [0.4, 0.5) is 0 Å². The SMILES string of the molecule is C=CCCOc1cncc(-c2scnc2C2CC2)c1. The number of hydrogen-bond donors (Lipinski definition) is 0. The third-order valence-electron chi connectivity index (χ3n) is 3.13. The van der Waals surface area contributed by atoms with E-state index in [0.29, 0.717) is 12.5 Å². The summed E-state index contributed by atoms with van der Waals surface area (Å²) >= 11 is 1.69. The summed E-state index contributed by atoms with van der Waals surface area (Å²) in [6.07, 6.45) is 8.87. The number of ether oxygens (including phenoxy) is 1. The average molecular weight is 272 g/mol. The highest BCUT2D eigenvalue weighted by atomic mass is 32.1. The molecule has 2 aromatic rings. The lowest BCUT2D eigenvalue weighted by Crippen LogP contribution is -1.96. The molecule has 2 aromatic heterocycles. The van der Waals surface area contributed by atoms with Gasteiger partial charge in [-0.3, -0.25) is 4.98 Å². The van der Waals surface area contributed by atoms with Crippen LogP contribution in [0, 0.1) is 0 Å². The summed E-state index contributed by atoms with van der Waals surface area (Å²) < 4.78 is 5.65. The zero-order chi connectivity index (χ0) is 13.1. The maximum absolute atomic E-state index is 5.65. The number of nitrogens with zero attached hydrogens (tertiary/aromatic N) is 2. The monoisotopic (exact) mass is 272 g/mol. The molecule has 0 aliphatic heterocycles.